The zero-order valence-corrected chi connectivity index (χ0v) is 11.2. The highest BCUT2D eigenvalue weighted by atomic mass is 79.9. The molecule has 1 aromatic carbocycles. The zero-order valence-electron chi connectivity index (χ0n) is 8.82. The molecule has 2 nitrogen and oxygen atoms in total. The Morgan fingerprint density at radius 3 is 2.81 bits per heavy atom. The third-order valence-electron chi connectivity index (χ3n) is 2.56. The largest absolute Gasteiger partial charge is 0.381 e. The van der Waals surface area contributed by atoms with Crippen molar-refractivity contribution in [1.82, 2.24) is 0 Å². The molecule has 0 unspecified atom stereocenters. The molecule has 0 aliphatic carbocycles. The summed E-state index contributed by atoms with van der Waals surface area (Å²) < 4.78 is 6.35. The number of hydrogen-bond acceptors (Lipinski definition) is 3. The lowest BCUT2D eigenvalue weighted by molar-refractivity contribution is 0.100. The molecule has 0 saturated carbocycles. The second kappa shape index (κ2) is 5.84. The van der Waals surface area contributed by atoms with Crippen molar-refractivity contribution < 1.29 is 9.53 Å². The summed E-state index contributed by atoms with van der Waals surface area (Å²) in [5.74, 6) is 0. The lowest BCUT2D eigenvalue weighted by Crippen LogP contribution is -2.17. The molecule has 0 N–H and O–H groups in total. The first-order valence-electron chi connectivity index (χ1n) is 5.29. The van der Waals surface area contributed by atoms with Gasteiger partial charge in [0, 0.05) is 33.4 Å². The van der Waals surface area contributed by atoms with Crippen LogP contribution < -0.4 is 0 Å². The predicted octanol–water partition coefficient (Wildman–Crippen LogP) is 3.53. The molecule has 0 bridgehead atoms. The highest BCUT2D eigenvalue weighted by Gasteiger charge is 2.16. The third-order valence-corrected chi connectivity index (χ3v) is 4.47. The van der Waals surface area contributed by atoms with Crippen LogP contribution in [0.2, 0.25) is 0 Å². The number of thioether (sulfide) groups is 1. The van der Waals surface area contributed by atoms with Gasteiger partial charge in [-0.25, -0.2) is 0 Å². The van der Waals surface area contributed by atoms with Gasteiger partial charge >= 0.3 is 0 Å². The van der Waals surface area contributed by atoms with E-state index in [-0.39, 0.29) is 0 Å². The molecule has 1 saturated heterocycles. The number of halogens is 1. The zero-order chi connectivity index (χ0) is 11.4. The lowest BCUT2D eigenvalue weighted by Gasteiger charge is -2.22. The van der Waals surface area contributed by atoms with Crippen molar-refractivity contribution in [3.8, 4) is 0 Å². The highest BCUT2D eigenvalue weighted by Crippen LogP contribution is 2.33. The van der Waals surface area contributed by atoms with Crippen LogP contribution in [0.1, 0.15) is 23.2 Å². The molecule has 0 spiro atoms. The molecule has 0 radical (unpaired) electrons. The van der Waals surface area contributed by atoms with E-state index in [1.807, 2.05) is 18.2 Å². The molecule has 16 heavy (non-hydrogen) atoms. The quantitative estimate of drug-likeness (QED) is 0.799. The minimum absolute atomic E-state index is 0.571. The molecule has 0 amide bonds. The Hall–Kier alpha value is -0.320. The van der Waals surface area contributed by atoms with Crippen LogP contribution in [0.3, 0.4) is 0 Å². The molecule has 0 aromatic heterocycles. The van der Waals surface area contributed by atoms with Gasteiger partial charge < -0.3 is 4.74 Å². The van der Waals surface area contributed by atoms with Gasteiger partial charge in [-0.05, 0) is 31.0 Å². The molecule has 1 aliphatic heterocycles. The molecule has 1 aromatic rings. The van der Waals surface area contributed by atoms with Gasteiger partial charge in [0.05, 0.1) is 0 Å². The van der Waals surface area contributed by atoms with Crippen molar-refractivity contribution in [1.29, 1.82) is 0 Å². The Labute approximate surface area is 108 Å². The van der Waals surface area contributed by atoms with Crippen LogP contribution in [0, 0.1) is 0 Å². The molecule has 86 valence electrons. The van der Waals surface area contributed by atoms with E-state index in [4.69, 9.17) is 4.74 Å². The van der Waals surface area contributed by atoms with Crippen molar-refractivity contribution in [2.45, 2.75) is 23.0 Å². The monoisotopic (exact) mass is 300 g/mol. The number of carbonyl (C=O) groups is 1. The van der Waals surface area contributed by atoms with Gasteiger partial charge in [0.25, 0.3) is 0 Å². The van der Waals surface area contributed by atoms with Gasteiger partial charge in [-0.2, -0.15) is 0 Å². The van der Waals surface area contributed by atoms with Gasteiger partial charge in [0.15, 0.2) is 6.29 Å². The average molecular weight is 301 g/mol. The second-order valence-corrected chi connectivity index (χ2v) is 5.99. The van der Waals surface area contributed by atoms with E-state index in [1.54, 1.807) is 11.8 Å². The molecular formula is C12H13BrO2S. The fourth-order valence-electron chi connectivity index (χ4n) is 1.68. The van der Waals surface area contributed by atoms with E-state index in [2.05, 4.69) is 15.9 Å². The van der Waals surface area contributed by atoms with Crippen molar-refractivity contribution >= 4 is 34.0 Å². The highest BCUT2D eigenvalue weighted by molar-refractivity contribution is 9.10. The molecule has 4 heteroatoms. The molecule has 1 aliphatic rings. The average Bonchev–Trinajstić information content (AvgIpc) is 2.31. The smallest absolute Gasteiger partial charge is 0.151 e. The summed E-state index contributed by atoms with van der Waals surface area (Å²) in [7, 11) is 0. The van der Waals surface area contributed by atoms with Crippen molar-refractivity contribution in [3.05, 3.63) is 28.2 Å². The first kappa shape index (κ1) is 12.1. The summed E-state index contributed by atoms with van der Waals surface area (Å²) >= 11 is 5.23. The van der Waals surface area contributed by atoms with Crippen LogP contribution in [0.15, 0.2) is 27.6 Å². The maximum Gasteiger partial charge on any atom is 0.151 e. The maximum absolute atomic E-state index is 10.9. The number of benzene rings is 1. The third kappa shape index (κ3) is 3.09. The Balaban J connectivity index is 2.12. The Morgan fingerprint density at radius 2 is 2.12 bits per heavy atom. The van der Waals surface area contributed by atoms with Gasteiger partial charge in [-0.15, -0.1) is 11.8 Å². The summed E-state index contributed by atoms with van der Waals surface area (Å²) in [4.78, 5) is 12.0. The predicted molar refractivity (Wildman–Crippen MR) is 69.2 cm³/mol. The van der Waals surface area contributed by atoms with Gasteiger partial charge in [-0.3, -0.25) is 4.79 Å². The van der Waals surface area contributed by atoms with E-state index < -0.39 is 0 Å². The summed E-state index contributed by atoms with van der Waals surface area (Å²) in [5.41, 5.74) is 0.777. The fraction of sp³-hybridized carbons (Fsp3) is 0.417. The van der Waals surface area contributed by atoms with E-state index >= 15 is 0 Å². The van der Waals surface area contributed by atoms with Gasteiger partial charge in [0.2, 0.25) is 0 Å². The van der Waals surface area contributed by atoms with E-state index in [0.29, 0.717) is 5.25 Å². The lowest BCUT2D eigenvalue weighted by atomic mass is 10.2. The SMILES string of the molecule is O=Cc1ccc(Br)cc1SC1CCOCC1. The molecule has 1 heterocycles. The summed E-state index contributed by atoms with van der Waals surface area (Å²) in [5, 5.41) is 0.571. The number of aldehydes is 1. The Kier molecular flexibility index (Phi) is 4.44. The summed E-state index contributed by atoms with van der Waals surface area (Å²) in [6, 6.07) is 5.78. The summed E-state index contributed by atoms with van der Waals surface area (Å²) in [6.07, 6.45) is 3.05. The maximum atomic E-state index is 10.9. The number of rotatable bonds is 3. The molecule has 2 rings (SSSR count). The molecular weight excluding hydrogens is 288 g/mol. The number of hydrogen-bond donors (Lipinski definition) is 0. The first-order chi connectivity index (χ1) is 7.79. The van der Waals surface area contributed by atoms with Crippen molar-refractivity contribution in [2.24, 2.45) is 0 Å². The first-order valence-corrected chi connectivity index (χ1v) is 6.96. The number of carbonyl (C=O) groups excluding carboxylic acids is 1. The number of ether oxygens (including phenoxy) is 1. The van der Waals surface area contributed by atoms with Crippen molar-refractivity contribution in [2.75, 3.05) is 13.2 Å². The molecule has 0 atom stereocenters. The second-order valence-electron chi connectivity index (χ2n) is 3.73. The minimum atomic E-state index is 0.571. The fourth-order valence-corrected chi connectivity index (χ4v) is 3.43. The topological polar surface area (TPSA) is 26.3 Å². The summed E-state index contributed by atoms with van der Waals surface area (Å²) in [6.45, 7) is 1.67. The van der Waals surface area contributed by atoms with Crippen LogP contribution in [0.5, 0.6) is 0 Å². The van der Waals surface area contributed by atoms with E-state index in [9.17, 15) is 4.79 Å². The van der Waals surface area contributed by atoms with Crippen LogP contribution in [0.25, 0.3) is 0 Å². The van der Waals surface area contributed by atoms with Crippen LogP contribution >= 0.6 is 27.7 Å². The van der Waals surface area contributed by atoms with Gasteiger partial charge in [-0.1, -0.05) is 15.9 Å². The minimum Gasteiger partial charge on any atom is -0.381 e. The molecule has 1 fully saturated rings. The van der Waals surface area contributed by atoms with Crippen molar-refractivity contribution in [3.63, 3.8) is 0 Å². The van der Waals surface area contributed by atoms with Crippen LogP contribution in [0.4, 0.5) is 0 Å². The normalized spacial score (nSPS) is 17.3. The van der Waals surface area contributed by atoms with Crippen LogP contribution in [-0.2, 0) is 4.74 Å². The van der Waals surface area contributed by atoms with Crippen LogP contribution in [-0.4, -0.2) is 24.7 Å². The van der Waals surface area contributed by atoms with Gasteiger partial charge in [0.1, 0.15) is 0 Å². The van der Waals surface area contributed by atoms with E-state index in [0.717, 1.165) is 47.3 Å². The standard InChI is InChI=1S/C12H13BrO2S/c13-10-2-1-9(8-14)12(7-10)16-11-3-5-15-6-4-11/h1-2,7-8,11H,3-6H2. The van der Waals surface area contributed by atoms with E-state index in [1.165, 1.54) is 0 Å². The Bertz CT molecular complexity index is 375. The Morgan fingerprint density at radius 1 is 1.38 bits per heavy atom.